The molecular weight excluding hydrogens is 432 g/mol. The molecule has 2 amide bonds. The molecule has 184 valence electrons. The molecule has 3 rings (SSSR count). The van der Waals surface area contributed by atoms with Gasteiger partial charge in [-0.05, 0) is 68.0 Å². The van der Waals surface area contributed by atoms with Gasteiger partial charge in [-0.2, -0.15) is 0 Å². The second-order valence-electron chi connectivity index (χ2n) is 8.87. The Balaban J connectivity index is 1.54. The molecule has 2 aromatic rings. The highest BCUT2D eigenvalue weighted by Crippen LogP contribution is 2.26. The number of hydrogen-bond acceptors (Lipinski definition) is 4. The van der Waals surface area contributed by atoms with Crippen LogP contribution in [-0.4, -0.2) is 54.4 Å². The minimum absolute atomic E-state index is 0.105. The first-order valence-electron chi connectivity index (χ1n) is 12.1. The molecule has 0 aromatic heterocycles. The molecular formula is C27H36N2O5. The van der Waals surface area contributed by atoms with Gasteiger partial charge in [0.2, 0.25) is 0 Å². The molecule has 1 atom stereocenters. The van der Waals surface area contributed by atoms with Crippen LogP contribution in [0.15, 0.2) is 48.5 Å². The highest BCUT2D eigenvalue weighted by atomic mass is 16.5. The van der Waals surface area contributed by atoms with Crippen LogP contribution in [0, 0.1) is 12.8 Å². The highest BCUT2D eigenvalue weighted by molar-refractivity contribution is 5.89. The lowest BCUT2D eigenvalue weighted by molar-refractivity contribution is -0.149. The third-order valence-electron chi connectivity index (χ3n) is 6.13. The van der Waals surface area contributed by atoms with Gasteiger partial charge in [-0.25, -0.2) is 9.59 Å². The summed E-state index contributed by atoms with van der Waals surface area (Å²) in [6.45, 7) is 5.74. The van der Waals surface area contributed by atoms with E-state index in [-0.39, 0.29) is 6.03 Å². The molecule has 0 heterocycles. The summed E-state index contributed by atoms with van der Waals surface area (Å²) in [5.41, 5.74) is 2.76. The summed E-state index contributed by atoms with van der Waals surface area (Å²) < 4.78 is 11.2. The number of nitrogens with one attached hydrogen (secondary N) is 1. The molecule has 2 N–H and O–H groups in total. The van der Waals surface area contributed by atoms with Gasteiger partial charge >= 0.3 is 12.0 Å². The van der Waals surface area contributed by atoms with E-state index >= 15 is 0 Å². The van der Waals surface area contributed by atoms with E-state index in [1.807, 2.05) is 60.4 Å². The standard InChI is InChI=1S/C27H36N2O5/c1-3-33-25(26(30)31)18-21-11-13-24(14-12-21)34-16-15-29(19-22-8-4-5-9-22)27(32)28-23-10-6-7-20(2)17-23/h6-7,10-14,17,22,25H,3-5,8-9,15-16,18-19H2,1-2H3,(H,28,32)(H,30,31). The second-order valence-corrected chi connectivity index (χ2v) is 8.87. The molecule has 0 bridgehead atoms. The number of benzene rings is 2. The quantitative estimate of drug-likeness (QED) is 0.451. The molecule has 0 aliphatic heterocycles. The van der Waals surface area contributed by atoms with E-state index in [0.29, 0.717) is 37.8 Å². The predicted octanol–water partition coefficient (Wildman–Crippen LogP) is 5.13. The van der Waals surface area contributed by atoms with Gasteiger partial charge in [0.15, 0.2) is 6.10 Å². The van der Waals surface area contributed by atoms with Crippen LogP contribution in [0.2, 0.25) is 0 Å². The van der Waals surface area contributed by atoms with Gasteiger partial charge < -0.3 is 24.8 Å². The summed E-state index contributed by atoms with van der Waals surface area (Å²) >= 11 is 0. The molecule has 7 heteroatoms. The number of aliphatic carboxylic acids is 1. The van der Waals surface area contributed by atoms with Crippen molar-refractivity contribution in [3.05, 3.63) is 59.7 Å². The largest absolute Gasteiger partial charge is 0.492 e. The summed E-state index contributed by atoms with van der Waals surface area (Å²) in [6.07, 6.45) is 4.23. The summed E-state index contributed by atoms with van der Waals surface area (Å²) in [5, 5.41) is 12.3. The third kappa shape index (κ3) is 8.06. The first kappa shape index (κ1) is 25.6. The maximum absolute atomic E-state index is 13.0. The maximum atomic E-state index is 13.0. The summed E-state index contributed by atoms with van der Waals surface area (Å²) in [6, 6.07) is 15.1. The molecule has 7 nitrogen and oxygen atoms in total. The fourth-order valence-electron chi connectivity index (χ4n) is 4.33. The van der Waals surface area contributed by atoms with Crippen molar-refractivity contribution in [1.82, 2.24) is 4.90 Å². The Bertz CT molecular complexity index is 925. The van der Waals surface area contributed by atoms with E-state index < -0.39 is 12.1 Å². The zero-order valence-electron chi connectivity index (χ0n) is 20.2. The third-order valence-corrected chi connectivity index (χ3v) is 6.13. The monoisotopic (exact) mass is 468 g/mol. The Kier molecular flexibility index (Phi) is 9.76. The number of aryl methyl sites for hydroxylation is 1. The fourth-order valence-corrected chi connectivity index (χ4v) is 4.33. The Hall–Kier alpha value is -3.06. The van der Waals surface area contributed by atoms with Crippen LogP contribution in [0.4, 0.5) is 10.5 Å². The minimum Gasteiger partial charge on any atom is -0.492 e. The van der Waals surface area contributed by atoms with E-state index in [0.717, 1.165) is 36.2 Å². The number of anilines is 1. The lowest BCUT2D eigenvalue weighted by Gasteiger charge is -2.26. The van der Waals surface area contributed by atoms with Crippen molar-refractivity contribution in [1.29, 1.82) is 0 Å². The Labute approximate surface area is 202 Å². The number of amides is 2. The van der Waals surface area contributed by atoms with Gasteiger partial charge in [-0.3, -0.25) is 0 Å². The van der Waals surface area contributed by atoms with Crippen LogP contribution < -0.4 is 10.1 Å². The zero-order valence-corrected chi connectivity index (χ0v) is 20.2. The molecule has 0 radical (unpaired) electrons. The van der Waals surface area contributed by atoms with Crippen molar-refractivity contribution in [3.63, 3.8) is 0 Å². The number of carbonyl (C=O) groups excluding carboxylic acids is 1. The molecule has 34 heavy (non-hydrogen) atoms. The van der Waals surface area contributed by atoms with Crippen LogP contribution >= 0.6 is 0 Å². The number of carboxylic acid groups (broad SMARTS) is 1. The topological polar surface area (TPSA) is 88.1 Å². The van der Waals surface area contributed by atoms with Gasteiger partial charge in [0, 0.05) is 25.3 Å². The number of carboxylic acids is 1. The van der Waals surface area contributed by atoms with Crippen LogP contribution in [0.25, 0.3) is 0 Å². The Morgan fingerprint density at radius 2 is 1.88 bits per heavy atom. The van der Waals surface area contributed by atoms with Crippen LogP contribution in [0.1, 0.15) is 43.7 Å². The van der Waals surface area contributed by atoms with Crippen molar-refractivity contribution in [2.45, 2.75) is 52.1 Å². The van der Waals surface area contributed by atoms with Gasteiger partial charge in [-0.15, -0.1) is 0 Å². The normalized spacial score (nSPS) is 14.5. The summed E-state index contributed by atoms with van der Waals surface area (Å²) in [4.78, 5) is 26.2. The minimum atomic E-state index is -0.964. The fraction of sp³-hybridized carbons (Fsp3) is 0.481. The number of nitrogens with zero attached hydrogens (tertiary/aromatic N) is 1. The van der Waals surface area contributed by atoms with Gasteiger partial charge in [0.05, 0.1) is 6.54 Å². The molecule has 1 aliphatic rings. The van der Waals surface area contributed by atoms with Crippen molar-refractivity contribution in [3.8, 4) is 5.75 Å². The van der Waals surface area contributed by atoms with E-state index in [2.05, 4.69) is 5.32 Å². The van der Waals surface area contributed by atoms with E-state index in [4.69, 9.17) is 9.47 Å². The van der Waals surface area contributed by atoms with E-state index in [1.54, 1.807) is 6.92 Å². The predicted molar refractivity (Wildman–Crippen MR) is 132 cm³/mol. The first-order valence-corrected chi connectivity index (χ1v) is 12.1. The van der Waals surface area contributed by atoms with Gasteiger partial charge in [0.1, 0.15) is 12.4 Å². The molecule has 0 saturated heterocycles. The number of carbonyl (C=O) groups is 2. The Morgan fingerprint density at radius 3 is 2.53 bits per heavy atom. The van der Waals surface area contributed by atoms with Crippen LogP contribution in [-0.2, 0) is 16.0 Å². The molecule has 1 saturated carbocycles. The number of hydrogen-bond donors (Lipinski definition) is 2. The van der Waals surface area contributed by atoms with E-state index in [1.165, 1.54) is 12.8 Å². The average Bonchev–Trinajstić information content (AvgIpc) is 3.32. The average molecular weight is 469 g/mol. The SMILES string of the molecule is CCOC(Cc1ccc(OCCN(CC2CCCC2)C(=O)Nc2cccc(C)c2)cc1)C(=O)O. The number of rotatable bonds is 12. The lowest BCUT2D eigenvalue weighted by Crippen LogP contribution is -2.40. The lowest BCUT2D eigenvalue weighted by atomic mass is 10.1. The summed E-state index contributed by atoms with van der Waals surface area (Å²) in [7, 11) is 0. The molecule has 0 spiro atoms. The second kappa shape index (κ2) is 13.0. The maximum Gasteiger partial charge on any atom is 0.333 e. The van der Waals surface area contributed by atoms with Gasteiger partial charge in [-0.1, -0.05) is 37.1 Å². The first-order chi connectivity index (χ1) is 16.4. The molecule has 1 fully saturated rings. The van der Waals surface area contributed by atoms with Crippen molar-refractivity contribution in [2.75, 3.05) is 31.6 Å². The van der Waals surface area contributed by atoms with Crippen molar-refractivity contribution < 1.29 is 24.2 Å². The van der Waals surface area contributed by atoms with E-state index in [9.17, 15) is 14.7 Å². The highest BCUT2D eigenvalue weighted by Gasteiger charge is 2.22. The number of ether oxygens (including phenoxy) is 2. The van der Waals surface area contributed by atoms with Crippen molar-refractivity contribution >= 4 is 17.7 Å². The number of urea groups is 1. The molecule has 2 aromatic carbocycles. The molecule has 1 unspecified atom stereocenters. The van der Waals surface area contributed by atoms with Gasteiger partial charge in [0.25, 0.3) is 0 Å². The zero-order chi connectivity index (χ0) is 24.3. The van der Waals surface area contributed by atoms with Crippen molar-refractivity contribution in [2.24, 2.45) is 5.92 Å². The smallest absolute Gasteiger partial charge is 0.333 e. The molecule has 1 aliphatic carbocycles. The Morgan fingerprint density at radius 1 is 1.15 bits per heavy atom. The summed E-state index contributed by atoms with van der Waals surface area (Å²) in [5.74, 6) is 0.260. The van der Waals surface area contributed by atoms with Crippen LogP contribution in [0.3, 0.4) is 0 Å². The van der Waals surface area contributed by atoms with Crippen LogP contribution in [0.5, 0.6) is 5.75 Å².